The van der Waals surface area contributed by atoms with Gasteiger partial charge in [-0.2, -0.15) is 0 Å². The molecule has 0 aromatic carbocycles. The summed E-state index contributed by atoms with van der Waals surface area (Å²) in [6.07, 6.45) is 4.76. The minimum atomic E-state index is -1.90. The number of hydrogen-bond acceptors (Lipinski definition) is 1. The van der Waals surface area contributed by atoms with Crippen molar-refractivity contribution in [3.05, 3.63) is 0 Å². The fourth-order valence-electron chi connectivity index (χ4n) is 2.58. The molecule has 88 valence electrons. The summed E-state index contributed by atoms with van der Waals surface area (Å²) in [6.45, 7) is 6.57. The van der Waals surface area contributed by atoms with E-state index < -0.39 is 9.71 Å². The standard InChI is InChI=1S/C12H23NOS/c1-10(2)8-11-6-7-13(9-11)15(3,14)12-4-5-12/h10-12H,3-9H2,1-2H3. The van der Waals surface area contributed by atoms with Gasteiger partial charge in [-0.1, -0.05) is 13.8 Å². The Bertz CT molecular complexity index is 317. The van der Waals surface area contributed by atoms with Gasteiger partial charge in [0.2, 0.25) is 0 Å². The Labute approximate surface area is 94.2 Å². The summed E-state index contributed by atoms with van der Waals surface area (Å²) in [7, 11) is -1.90. The van der Waals surface area contributed by atoms with Crippen LogP contribution in [0.4, 0.5) is 0 Å². The Morgan fingerprint density at radius 1 is 1.40 bits per heavy atom. The molecule has 0 amide bonds. The van der Waals surface area contributed by atoms with E-state index in [1.165, 1.54) is 12.8 Å². The van der Waals surface area contributed by atoms with Crippen LogP contribution in [0.1, 0.15) is 39.5 Å². The Morgan fingerprint density at radius 2 is 2.07 bits per heavy atom. The largest absolute Gasteiger partial charge is 0.252 e. The summed E-state index contributed by atoms with van der Waals surface area (Å²) in [4.78, 5) is 0. The van der Waals surface area contributed by atoms with Crippen molar-refractivity contribution in [2.45, 2.75) is 44.8 Å². The molecule has 1 saturated heterocycles. The monoisotopic (exact) mass is 229 g/mol. The predicted octanol–water partition coefficient (Wildman–Crippen LogP) is 2.15. The summed E-state index contributed by atoms with van der Waals surface area (Å²) < 4.78 is 14.6. The third-order valence-electron chi connectivity index (χ3n) is 3.54. The molecule has 0 spiro atoms. The van der Waals surface area contributed by atoms with Gasteiger partial charge >= 0.3 is 0 Å². The topological polar surface area (TPSA) is 20.3 Å². The zero-order valence-corrected chi connectivity index (χ0v) is 10.8. The number of hydrogen-bond donors (Lipinski definition) is 0. The van der Waals surface area contributed by atoms with Crippen LogP contribution in [0.25, 0.3) is 0 Å². The molecule has 1 heterocycles. The van der Waals surface area contributed by atoms with E-state index in [1.807, 2.05) is 0 Å². The normalized spacial score (nSPS) is 32.1. The van der Waals surface area contributed by atoms with Crippen molar-refractivity contribution >= 4 is 15.6 Å². The van der Waals surface area contributed by atoms with Crippen LogP contribution in [0.15, 0.2) is 0 Å². The zero-order chi connectivity index (χ0) is 11.1. The maximum Gasteiger partial charge on any atom is 0.0405 e. The summed E-state index contributed by atoms with van der Waals surface area (Å²) in [5.74, 6) is 5.50. The summed E-state index contributed by atoms with van der Waals surface area (Å²) >= 11 is 0. The van der Waals surface area contributed by atoms with Crippen molar-refractivity contribution in [2.24, 2.45) is 11.8 Å². The molecule has 1 aliphatic heterocycles. The Balaban J connectivity index is 1.92. The Kier molecular flexibility index (Phi) is 3.13. The van der Waals surface area contributed by atoms with Crippen molar-refractivity contribution in [1.29, 1.82) is 0 Å². The van der Waals surface area contributed by atoms with Gasteiger partial charge in [-0.25, -0.2) is 4.31 Å². The van der Waals surface area contributed by atoms with Gasteiger partial charge in [0.05, 0.1) is 0 Å². The lowest BCUT2D eigenvalue weighted by Crippen LogP contribution is -2.31. The molecule has 0 aromatic heterocycles. The smallest absolute Gasteiger partial charge is 0.0405 e. The first-order valence-corrected chi connectivity index (χ1v) is 7.86. The first-order chi connectivity index (χ1) is 7.00. The Hall–Kier alpha value is -0.0200. The molecule has 2 fully saturated rings. The summed E-state index contributed by atoms with van der Waals surface area (Å²) in [5.41, 5.74) is 0. The fraction of sp³-hybridized carbons (Fsp3) is 0.917. The van der Waals surface area contributed by atoms with E-state index in [0.717, 1.165) is 37.8 Å². The van der Waals surface area contributed by atoms with Crippen LogP contribution in [0.5, 0.6) is 0 Å². The van der Waals surface area contributed by atoms with Crippen LogP contribution in [0, 0.1) is 11.8 Å². The second kappa shape index (κ2) is 4.10. The van der Waals surface area contributed by atoms with Crippen molar-refractivity contribution in [2.75, 3.05) is 13.1 Å². The highest BCUT2D eigenvalue weighted by atomic mass is 32.2. The van der Waals surface area contributed by atoms with E-state index in [0.29, 0.717) is 5.25 Å². The van der Waals surface area contributed by atoms with Gasteiger partial charge in [0, 0.05) is 28.0 Å². The van der Waals surface area contributed by atoms with E-state index in [2.05, 4.69) is 24.0 Å². The van der Waals surface area contributed by atoms with Gasteiger partial charge in [0.1, 0.15) is 0 Å². The molecule has 1 saturated carbocycles. The second-order valence-corrected chi connectivity index (χ2v) is 8.12. The lowest BCUT2D eigenvalue weighted by atomic mass is 9.97. The molecule has 0 aromatic rings. The first-order valence-electron chi connectivity index (χ1n) is 6.11. The molecule has 0 radical (unpaired) electrons. The highest BCUT2D eigenvalue weighted by molar-refractivity contribution is 7.99. The van der Waals surface area contributed by atoms with Crippen LogP contribution < -0.4 is 0 Å². The van der Waals surface area contributed by atoms with Gasteiger partial charge in [-0.3, -0.25) is 4.21 Å². The van der Waals surface area contributed by atoms with Crippen LogP contribution in [-0.4, -0.2) is 32.7 Å². The third kappa shape index (κ3) is 2.56. The van der Waals surface area contributed by atoms with Crippen molar-refractivity contribution < 1.29 is 4.21 Å². The summed E-state index contributed by atoms with van der Waals surface area (Å²) in [6, 6.07) is 0. The molecular formula is C12H23NOS. The van der Waals surface area contributed by atoms with Crippen LogP contribution in [0.2, 0.25) is 0 Å². The Morgan fingerprint density at radius 3 is 2.60 bits per heavy atom. The highest BCUT2D eigenvalue weighted by Gasteiger charge is 2.37. The molecule has 2 nitrogen and oxygen atoms in total. The van der Waals surface area contributed by atoms with Gasteiger partial charge in [0.25, 0.3) is 0 Å². The number of rotatable bonds is 4. The van der Waals surface area contributed by atoms with Gasteiger partial charge < -0.3 is 0 Å². The molecule has 0 N–H and O–H groups in total. The van der Waals surface area contributed by atoms with E-state index in [4.69, 9.17) is 0 Å². The first kappa shape index (κ1) is 11.5. The van der Waals surface area contributed by atoms with Gasteiger partial charge in [-0.15, -0.1) is 0 Å². The van der Waals surface area contributed by atoms with Crippen molar-refractivity contribution in [3.8, 4) is 0 Å². The lowest BCUT2D eigenvalue weighted by molar-refractivity contribution is 0.416. The molecule has 2 atom stereocenters. The molecule has 0 bridgehead atoms. The van der Waals surface area contributed by atoms with Crippen molar-refractivity contribution in [3.63, 3.8) is 0 Å². The van der Waals surface area contributed by atoms with Crippen molar-refractivity contribution in [1.82, 2.24) is 4.31 Å². The second-order valence-electron chi connectivity index (χ2n) is 5.56. The van der Waals surface area contributed by atoms with E-state index in [1.54, 1.807) is 0 Å². The summed E-state index contributed by atoms with van der Waals surface area (Å²) in [5, 5.41) is 0.412. The fourth-order valence-corrected chi connectivity index (χ4v) is 4.76. The van der Waals surface area contributed by atoms with Gasteiger partial charge in [0.15, 0.2) is 0 Å². The molecular weight excluding hydrogens is 206 g/mol. The highest BCUT2D eigenvalue weighted by Crippen LogP contribution is 2.34. The van der Waals surface area contributed by atoms with Crippen LogP contribution >= 0.6 is 0 Å². The molecule has 2 aliphatic rings. The van der Waals surface area contributed by atoms with E-state index in [9.17, 15) is 4.21 Å². The average molecular weight is 229 g/mol. The molecule has 1 aliphatic carbocycles. The lowest BCUT2D eigenvalue weighted by Gasteiger charge is -2.21. The van der Waals surface area contributed by atoms with E-state index in [-0.39, 0.29) is 0 Å². The average Bonchev–Trinajstić information content (AvgIpc) is 2.88. The maximum atomic E-state index is 12.4. The quantitative estimate of drug-likeness (QED) is 0.676. The molecule has 3 heteroatoms. The molecule has 2 unspecified atom stereocenters. The predicted molar refractivity (Wildman–Crippen MR) is 67.4 cm³/mol. The minimum absolute atomic E-state index is 0.412. The number of nitrogens with zero attached hydrogens (tertiary/aromatic N) is 1. The van der Waals surface area contributed by atoms with E-state index >= 15 is 0 Å². The third-order valence-corrected chi connectivity index (χ3v) is 6.25. The van der Waals surface area contributed by atoms with Gasteiger partial charge in [-0.05, 0) is 43.4 Å². The molecule has 2 rings (SSSR count). The zero-order valence-electron chi connectivity index (χ0n) is 9.95. The van der Waals surface area contributed by atoms with Crippen LogP contribution in [0.3, 0.4) is 0 Å². The maximum absolute atomic E-state index is 12.4. The SMILES string of the molecule is C=S(=O)(C1CC1)N1CCC(CC(C)C)C1. The molecule has 15 heavy (non-hydrogen) atoms. The van der Waals surface area contributed by atoms with Crippen LogP contribution in [-0.2, 0) is 9.71 Å². The minimum Gasteiger partial charge on any atom is -0.252 e.